The van der Waals surface area contributed by atoms with Crippen LogP contribution in [-0.4, -0.2) is 8.83 Å². The summed E-state index contributed by atoms with van der Waals surface area (Å²) in [5, 5.41) is 0. The fourth-order valence-electron chi connectivity index (χ4n) is 0.480. The van der Waals surface area contributed by atoms with Gasteiger partial charge in [-0.1, -0.05) is 13.0 Å². The van der Waals surface area contributed by atoms with Gasteiger partial charge in [-0.05, 0) is 18.4 Å². The molecule has 0 saturated heterocycles. The van der Waals surface area contributed by atoms with Gasteiger partial charge in [-0.15, -0.1) is 6.58 Å². The maximum absolute atomic E-state index is 5.69. The van der Waals surface area contributed by atoms with Crippen LogP contribution in [0.25, 0.3) is 0 Å². The molecule has 0 heterocycles. The molecule has 48 valence electrons. The third-order valence-corrected chi connectivity index (χ3v) is 3.64. The van der Waals surface area contributed by atoms with Crippen molar-refractivity contribution in [2.75, 3.05) is 0 Å². The third-order valence-electron chi connectivity index (χ3n) is 1.13. The fourth-order valence-corrected chi connectivity index (χ4v) is 1.33. The molecule has 0 aromatic heterocycles. The summed E-state index contributed by atoms with van der Waals surface area (Å²) in [5.74, 6) is 0. The van der Waals surface area contributed by atoms with Gasteiger partial charge in [0.1, 0.15) is 8.83 Å². The van der Waals surface area contributed by atoms with Crippen LogP contribution in [0.15, 0.2) is 12.7 Å². The van der Waals surface area contributed by atoms with E-state index in [0.717, 1.165) is 12.0 Å². The summed E-state index contributed by atoms with van der Waals surface area (Å²) in [6.07, 6.45) is 4.32. The molecule has 0 bridgehead atoms. The van der Waals surface area contributed by atoms with Gasteiger partial charge in [0.05, 0.1) is 0 Å². The highest BCUT2D eigenvalue weighted by atomic mass is 35.6. The average Bonchev–Trinajstić information content (AvgIpc) is 1.83. The Balaban J connectivity index is 2.97. The molecular weight excluding hydrogens is 136 g/mol. The van der Waals surface area contributed by atoms with Crippen LogP contribution in [0.1, 0.15) is 19.8 Å². The Labute approximate surface area is 58.5 Å². The Hall–Kier alpha value is 0.247. The van der Waals surface area contributed by atoms with Crippen molar-refractivity contribution in [1.82, 2.24) is 0 Å². The zero-order valence-electron chi connectivity index (χ0n) is 5.36. The first kappa shape index (κ1) is 8.25. The van der Waals surface area contributed by atoms with E-state index in [9.17, 15) is 0 Å². The first-order valence-electron chi connectivity index (χ1n) is 2.98. The first-order valence-corrected chi connectivity index (χ1v) is 5.93. The van der Waals surface area contributed by atoms with Gasteiger partial charge in [0.15, 0.2) is 0 Å². The van der Waals surface area contributed by atoms with E-state index >= 15 is 0 Å². The Morgan fingerprint density at radius 3 is 2.88 bits per heavy atom. The van der Waals surface area contributed by atoms with E-state index in [1.807, 2.05) is 6.08 Å². The minimum Gasteiger partial charge on any atom is -0.176 e. The number of rotatable bonds is 4. The number of allylic oxidation sites excluding steroid dienone is 1. The molecule has 0 spiro atoms. The van der Waals surface area contributed by atoms with Gasteiger partial charge in [-0.3, -0.25) is 0 Å². The van der Waals surface area contributed by atoms with E-state index < -0.39 is 0 Å². The van der Waals surface area contributed by atoms with Crippen molar-refractivity contribution in [3.8, 4) is 0 Å². The summed E-state index contributed by atoms with van der Waals surface area (Å²) < 4.78 is 0. The Morgan fingerprint density at radius 1 is 1.88 bits per heavy atom. The molecule has 0 nitrogen and oxygen atoms in total. The lowest BCUT2D eigenvalue weighted by Gasteiger charge is -2.00. The molecule has 0 N–H and O–H groups in total. The highest BCUT2D eigenvalue weighted by molar-refractivity contribution is 6.94. The van der Waals surface area contributed by atoms with E-state index in [4.69, 9.17) is 11.1 Å². The van der Waals surface area contributed by atoms with E-state index in [0.29, 0.717) is 0 Å². The van der Waals surface area contributed by atoms with Crippen LogP contribution < -0.4 is 0 Å². The lowest BCUT2D eigenvalue weighted by molar-refractivity contribution is 0.810. The Kier molecular flexibility index (Phi) is 5.55. The molecule has 0 aliphatic carbocycles. The summed E-state index contributed by atoms with van der Waals surface area (Å²) in [7, 11) is -0.257. The maximum atomic E-state index is 5.69. The SMILES string of the molecule is C=CCCC(C)[SiH2]Cl. The lowest BCUT2D eigenvalue weighted by atomic mass is 10.2. The van der Waals surface area contributed by atoms with Crippen LogP contribution >= 0.6 is 11.1 Å². The molecule has 1 unspecified atom stereocenters. The molecule has 0 fully saturated rings. The van der Waals surface area contributed by atoms with Crippen LogP contribution in [0.4, 0.5) is 0 Å². The van der Waals surface area contributed by atoms with Crippen LogP contribution in [0.5, 0.6) is 0 Å². The summed E-state index contributed by atoms with van der Waals surface area (Å²) in [4.78, 5) is 0. The van der Waals surface area contributed by atoms with Gasteiger partial charge >= 0.3 is 0 Å². The lowest BCUT2D eigenvalue weighted by Crippen LogP contribution is -1.89. The molecule has 0 aromatic rings. The second-order valence-electron chi connectivity index (χ2n) is 2.13. The molecule has 8 heavy (non-hydrogen) atoms. The standard InChI is InChI=1S/C6H13ClSi/c1-3-4-5-6(2)8-7/h3,6H,1,4-5,8H2,2H3. The van der Waals surface area contributed by atoms with Crippen LogP contribution in [0.2, 0.25) is 5.54 Å². The van der Waals surface area contributed by atoms with Gasteiger partial charge in [0.2, 0.25) is 0 Å². The maximum Gasteiger partial charge on any atom is 0.128 e. The average molecular weight is 149 g/mol. The van der Waals surface area contributed by atoms with Crippen molar-refractivity contribution in [2.45, 2.75) is 25.3 Å². The molecular formula is C6H13ClSi. The largest absolute Gasteiger partial charge is 0.176 e. The molecule has 0 aromatic carbocycles. The Morgan fingerprint density at radius 2 is 2.50 bits per heavy atom. The molecule has 0 aliphatic rings. The van der Waals surface area contributed by atoms with E-state index in [2.05, 4.69) is 13.5 Å². The monoisotopic (exact) mass is 148 g/mol. The fraction of sp³-hybridized carbons (Fsp3) is 0.667. The molecule has 1 atom stereocenters. The second kappa shape index (κ2) is 5.38. The van der Waals surface area contributed by atoms with Gasteiger partial charge in [-0.2, -0.15) is 11.1 Å². The molecule has 0 saturated carbocycles. The van der Waals surface area contributed by atoms with Crippen molar-refractivity contribution < 1.29 is 0 Å². The predicted octanol–water partition coefficient (Wildman–Crippen LogP) is 2.08. The molecule has 0 aliphatic heterocycles. The molecule has 0 amide bonds. The van der Waals surface area contributed by atoms with Gasteiger partial charge in [-0.25, -0.2) is 0 Å². The van der Waals surface area contributed by atoms with Crippen molar-refractivity contribution in [2.24, 2.45) is 0 Å². The van der Waals surface area contributed by atoms with Crippen molar-refractivity contribution in [1.29, 1.82) is 0 Å². The van der Waals surface area contributed by atoms with Gasteiger partial charge < -0.3 is 0 Å². The van der Waals surface area contributed by atoms with Gasteiger partial charge in [0.25, 0.3) is 0 Å². The zero-order chi connectivity index (χ0) is 6.41. The predicted molar refractivity (Wildman–Crippen MR) is 43.3 cm³/mol. The highest BCUT2D eigenvalue weighted by Crippen LogP contribution is 2.11. The minimum atomic E-state index is -0.257. The number of hydrogen-bond donors (Lipinski definition) is 0. The normalized spacial score (nSPS) is 14.8. The highest BCUT2D eigenvalue weighted by Gasteiger charge is 1.96. The number of hydrogen-bond acceptors (Lipinski definition) is 0. The first-order chi connectivity index (χ1) is 3.81. The zero-order valence-corrected chi connectivity index (χ0v) is 7.53. The minimum absolute atomic E-state index is 0.257. The smallest absolute Gasteiger partial charge is 0.128 e. The quantitative estimate of drug-likeness (QED) is 0.326. The van der Waals surface area contributed by atoms with Crippen molar-refractivity contribution in [3.63, 3.8) is 0 Å². The van der Waals surface area contributed by atoms with E-state index in [1.165, 1.54) is 6.42 Å². The number of halogens is 1. The summed E-state index contributed by atoms with van der Waals surface area (Å²) in [5.41, 5.74) is 0.787. The Bertz CT molecular complexity index is 63.5. The summed E-state index contributed by atoms with van der Waals surface area (Å²) in [6, 6.07) is 0. The van der Waals surface area contributed by atoms with Crippen molar-refractivity contribution in [3.05, 3.63) is 12.7 Å². The second-order valence-corrected chi connectivity index (χ2v) is 4.75. The molecule has 0 radical (unpaired) electrons. The van der Waals surface area contributed by atoms with Crippen molar-refractivity contribution >= 4 is 19.9 Å². The molecule has 0 rings (SSSR count). The van der Waals surface area contributed by atoms with Crippen LogP contribution in [0.3, 0.4) is 0 Å². The molecule has 2 heteroatoms. The topological polar surface area (TPSA) is 0 Å². The van der Waals surface area contributed by atoms with Gasteiger partial charge in [0, 0.05) is 0 Å². The summed E-state index contributed by atoms with van der Waals surface area (Å²) >= 11 is 5.69. The summed E-state index contributed by atoms with van der Waals surface area (Å²) in [6.45, 7) is 5.85. The third kappa shape index (κ3) is 4.41. The van der Waals surface area contributed by atoms with E-state index in [-0.39, 0.29) is 8.83 Å². The van der Waals surface area contributed by atoms with Crippen LogP contribution in [0, 0.1) is 0 Å². The van der Waals surface area contributed by atoms with Crippen LogP contribution in [-0.2, 0) is 0 Å². The van der Waals surface area contributed by atoms with E-state index in [1.54, 1.807) is 0 Å².